The highest BCUT2D eigenvalue weighted by Crippen LogP contribution is 2.27. The third-order valence-electron chi connectivity index (χ3n) is 3.55. The van der Waals surface area contributed by atoms with Crippen molar-refractivity contribution in [2.24, 2.45) is 0 Å². The monoisotopic (exact) mass is 370 g/mol. The van der Waals surface area contributed by atoms with Crippen LogP contribution in [0.4, 0.5) is 5.13 Å². The average molecular weight is 370 g/mol. The molecule has 0 fully saturated rings. The maximum Gasteiger partial charge on any atom is 0.266 e. The first-order valence-electron chi connectivity index (χ1n) is 7.78. The quantitative estimate of drug-likeness (QED) is 0.625. The molecule has 0 aliphatic heterocycles. The standard InChI is InChI=1S/C19H18N2O2S2/c1-13(23-15-6-4-3-5-7-15)18(22)21-19-20-17(12-25-19)14-8-10-16(24-2)11-9-14/h3-13H,1-2H3,(H,20,21,22)/t13-/m1/s1. The molecule has 2 aromatic carbocycles. The van der Waals surface area contributed by atoms with Crippen molar-refractivity contribution < 1.29 is 9.53 Å². The summed E-state index contributed by atoms with van der Waals surface area (Å²) in [6.45, 7) is 1.72. The van der Waals surface area contributed by atoms with Crippen LogP contribution >= 0.6 is 23.1 Å². The molecule has 0 aliphatic rings. The Bertz CT molecular complexity index is 832. The van der Waals surface area contributed by atoms with Crippen LogP contribution in [0.3, 0.4) is 0 Å². The summed E-state index contributed by atoms with van der Waals surface area (Å²) in [7, 11) is 0. The number of benzene rings is 2. The molecule has 3 aromatic rings. The Labute approximate surface area is 155 Å². The zero-order chi connectivity index (χ0) is 17.6. The molecule has 0 saturated heterocycles. The number of carbonyl (C=O) groups is 1. The molecule has 1 amide bonds. The second-order valence-corrected chi connectivity index (χ2v) is 7.07. The number of nitrogens with zero attached hydrogens (tertiary/aromatic N) is 1. The molecule has 1 atom stereocenters. The van der Waals surface area contributed by atoms with E-state index in [4.69, 9.17) is 4.74 Å². The smallest absolute Gasteiger partial charge is 0.266 e. The lowest BCUT2D eigenvalue weighted by Crippen LogP contribution is -2.30. The molecule has 0 spiro atoms. The molecule has 25 heavy (non-hydrogen) atoms. The summed E-state index contributed by atoms with van der Waals surface area (Å²) in [5, 5.41) is 5.32. The van der Waals surface area contributed by atoms with Crippen LogP contribution in [0.25, 0.3) is 11.3 Å². The van der Waals surface area contributed by atoms with E-state index in [0.717, 1.165) is 11.3 Å². The van der Waals surface area contributed by atoms with E-state index in [1.54, 1.807) is 18.7 Å². The average Bonchev–Trinajstić information content (AvgIpc) is 3.11. The molecule has 1 heterocycles. The fourth-order valence-corrected chi connectivity index (χ4v) is 3.32. The van der Waals surface area contributed by atoms with E-state index in [0.29, 0.717) is 10.9 Å². The SMILES string of the molecule is CSc1ccc(-c2csc(NC(=O)[C@@H](C)Oc3ccccc3)n2)cc1. The number of thiazole rings is 1. The summed E-state index contributed by atoms with van der Waals surface area (Å²) in [6.07, 6.45) is 1.44. The highest BCUT2D eigenvalue weighted by Gasteiger charge is 2.16. The van der Waals surface area contributed by atoms with Gasteiger partial charge in [-0.15, -0.1) is 23.1 Å². The van der Waals surface area contributed by atoms with Gasteiger partial charge in [0.2, 0.25) is 0 Å². The van der Waals surface area contributed by atoms with Crippen molar-refractivity contribution in [3.05, 3.63) is 60.0 Å². The highest BCUT2D eigenvalue weighted by molar-refractivity contribution is 7.98. The van der Waals surface area contributed by atoms with Gasteiger partial charge in [-0.05, 0) is 37.4 Å². The first-order valence-corrected chi connectivity index (χ1v) is 9.88. The first kappa shape index (κ1) is 17.5. The number of thioether (sulfide) groups is 1. The van der Waals surface area contributed by atoms with Crippen molar-refractivity contribution in [2.75, 3.05) is 11.6 Å². The number of para-hydroxylation sites is 1. The summed E-state index contributed by atoms with van der Waals surface area (Å²) in [5.74, 6) is 0.446. The van der Waals surface area contributed by atoms with Crippen LogP contribution in [0.2, 0.25) is 0 Å². The van der Waals surface area contributed by atoms with Gasteiger partial charge in [0.15, 0.2) is 11.2 Å². The van der Waals surface area contributed by atoms with Crippen LogP contribution in [-0.2, 0) is 4.79 Å². The molecule has 6 heteroatoms. The van der Waals surface area contributed by atoms with E-state index in [-0.39, 0.29) is 5.91 Å². The minimum Gasteiger partial charge on any atom is -0.481 e. The van der Waals surface area contributed by atoms with Crippen LogP contribution in [0.1, 0.15) is 6.92 Å². The first-order chi connectivity index (χ1) is 12.2. The van der Waals surface area contributed by atoms with Crippen molar-refractivity contribution in [1.82, 2.24) is 4.98 Å². The molecule has 0 aliphatic carbocycles. The van der Waals surface area contributed by atoms with Crippen LogP contribution in [0.5, 0.6) is 5.75 Å². The fourth-order valence-electron chi connectivity index (χ4n) is 2.19. The lowest BCUT2D eigenvalue weighted by molar-refractivity contribution is -0.122. The number of aromatic nitrogens is 1. The molecule has 0 unspecified atom stereocenters. The number of amides is 1. The summed E-state index contributed by atoms with van der Waals surface area (Å²) in [6, 6.07) is 17.5. The highest BCUT2D eigenvalue weighted by atomic mass is 32.2. The number of carbonyl (C=O) groups excluding carboxylic acids is 1. The van der Waals surface area contributed by atoms with Gasteiger partial charge in [-0.25, -0.2) is 4.98 Å². The third kappa shape index (κ3) is 4.61. The normalized spacial score (nSPS) is 11.8. The minimum absolute atomic E-state index is 0.220. The summed E-state index contributed by atoms with van der Waals surface area (Å²) < 4.78 is 5.63. The summed E-state index contributed by atoms with van der Waals surface area (Å²) >= 11 is 3.10. The van der Waals surface area contributed by atoms with Gasteiger partial charge < -0.3 is 4.74 Å². The van der Waals surface area contributed by atoms with Gasteiger partial charge in [0.05, 0.1) is 5.69 Å². The molecular formula is C19H18N2O2S2. The summed E-state index contributed by atoms with van der Waals surface area (Å²) in [4.78, 5) is 18.0. The van der Waals surface area contributed by atoms with Gasteiger partial charge in [-0.3, -0.25) is 10.1 Å². The molecule has 4 nitrogen and oxygen atoms in total. The Balaban J connectivity index is 1.63. The molecule has 1 N–H and O–H groups in total. The van der Waals surface area contributed by atoms with Gasteiger partial charge in [0.1, 0.15) is 5.75 Å². The maximum atomic E-state index is 12.3. The van der Waals surface area contributed by atoms with Crippen molar-refractivity contribution in [2.45, 2.75) is 17.9 Å². The van der Waals surface area contributed by atoms with Crippen LogP contribution in [0, 0.1) is 0 Å². The van der Waals surface area contributed by atoms with E-state index in [2.05, 4.69) is 22.4 Å². The largest absolute Gasteiger partial charge is 0.481 e. The summed E-state index contributed by atoms with van der Waals surface area (Å²) in [5.41, 5.74) is 1.88. The van der Waals surface area contributed by atoms with Crippen molar-refractivity contribution in [3.63, 3.8) is 0 Å². The number of hydrogen-bond donors (Lipinski definition) is 1. The zero-order valence-electron chi connectivity index (χ0n) is 13.9. The van der Waals surface area contributed by atoms with E-state index >= 15 is 0 Å². The Kier molecular flexibility index (Phi) is 5.73. The number of anilines is 1. The predicted octanol–water partition coefficient (Wildman–Crippen LogP) is 4.94. The lowest BCUT2D eigenvalue weighted by Gasteiger charge is -2.13. The molecule has 1 aromatic heterocycles. The third-order valence-corrected chi connectivity index (χ3v) is 5.05. The van der Waals surface area contributed by atoms with Crippen LogP contribution in [0.15, 0.2) is 64.9 Å². The number of rotatable bonds is 6. The minimum atomic E-state index is -0.601. The molecule has 128 valence electrons. The van der Waals surface area contributed by atoms with Gasteiger partial charge >= 0.3 is 0 Å². The van der Waals surface area contributed by atoms with Gasteiger partial charge in [0, 0.05) is 15.8 Å². The second kappa shape index (κ2) is 8.18. The predicted molar refractivity (Wildman–Crippen MR) is 104 cm³/mol. The Morgan fingerprint density at radius 1 is 1.16 bits per heavy atom. The molecule has 3 rings (SSSR count). The lowest BCUT2D eigenvalue weighted by atomic mass is 10.2. The number of nitrogens with one attached hydrogen (secondary N) is 1. The van der Waals surface area contributed by atoms with Gasteiger partial charge in [-0.1, -0.05) is 30.3 Å². The van der Waals surface area contributed by atoms with E-state index in [1.165, 1.54) is 16.2 Å². The zero-order valence-corrected chi connectivity index (χ0v) is 15.6. The Hall–Kier alpha value is -2.31. The topological polar surface area (TPSA) is 51.2 Å². The van der Waals surface area contributed by atoms with Crippen molar-refractivity contribution in [1.29, 1.82) is 0 Å². The van der Waals surface area contributed by atoms with Gasteiger partial charge in [-0.2, -0.15) is 0 Å². The van der Waals surface area contributed by atoms with Crippen molar-refractivity contribution >= 4 is 34.1 Å². The second-order valence-electron chi connectivity index (χ2n) is 5.33. The molecule has 0 saturated carbocycles. The van der Waals surface area contributed by atoms with Crippen LogP contribution < -0.4 is 10.1 Å². The Morgan fingerprint density at radius 3 is 2.56 bits per heavy atom. The van der Waals surface area contributed by atoms with Crippen LogP contribution in [-0.4, -0.2) is 23.3 Å². The maximum absolute atomic E-state index is 12.3. The van der Waals surface area contributed by atoms with E-state index < -0.39 is 6.10 Å². The number of hydrogen-bond acceptors (Lipinski definition) is 5. The fraction of sp³-hybridized carbons (Fsp3) is 0.158. The Morgan fingerprint density at radius 2 is 1.88 bits per heavy atom. The van der Waals surface area contributed by atoms with E-state index in [9.17, 15) is 4.79 Å². The molecule has 0 radical (unpaired) electrons. The van der Waals surface area contributed by atoms with E-state index in [1.807, 2.05) is 54.1 Å². The molecular weight excluding hydrogens is 352 g/mol. The number of ether oxygens (including phenoxy) is 1. The molecule has 0 bridgehead atoms. The van der Waals surface area contributed by atoms with Gasteiger partial charge in [0.25, 0.3) is 5.91 Å². The van der Waals surface area contributed by atoms with Crippen molar-refractivity contribution in [3.8, 4) is 17.0 Å².